The highest BCUT2D eigenvalue weighted by atomic mass is 79.9. The van der Waals surface area contributed by atoms with Gasteiger partial charge in [-0.1, -0.05) is 11.6 Å². The Morgan fingerprint density at radius 3 is 2.60 bits per heavy atom. The molecule has 0 fully saturated rings. The fourth-order valence-corrected chi connectivity index (χ4v) is 2.54. The molecule has 0 aromatic heterocycles. The maximum absolute atomic E-state index is 12.2. The van der Waals surface area contributed by atoms with Crippen LogP contribution in [0.25, 0.3) is 0 Å². The molecule has 2 rings (SSSR count). The van der Waals surface area contributed by atoms with Gasteiger partial charge in [-0.05, 0) is 64.8 Å². The zero-order valence-corrected chi connectivity index (χ0v) is 13.4. The topological polar surface area (TPSA) is 38.3 Å². The molecule has 0 radical (unpaired) electrons. The summed E-state index contributed by atoms with van der Waals surface area (Å²) in [5.41, 5.74) is 2.21. The van der Waals surface area contributed by atoms with Gasteiger partial charge in [0.2, 0.25) is 0 Å². The van der Waals surface area contributed by atoms with Crippen LogP contribution in [0.1, 0.15) is 15.9 Å². The third-order valence-electron chi connectivity index (χ3n) is 2.85. The van der Waals surface area contributed by atoms with E-state index in [4.69, 9.17) is 16.3 Å². The first-order valence-electron chi connectivity index (χ1n) is 5.92. The highest BCUT2D eigenvalue weighted by Gasteiger charge is 2.10. The monoisotopic (exact) mass is 353 g/mol. The summed E-state index contributed by atoms with van der Waals surface area (Å²) >= 11 is 9.25. The third-order valence-corrected chi connectivity index (χ3v) is 3.71. The second-order valence-electron chi connectivity index (χ2n) is 4.26. The molecule has 1 N–H and O–H groups in total. The third kappa shape index (κ3) is 3.32. The fourth-order valence-electron chi connectivity index (χ4n) is 1.77. The summed E-state index contributed by atoms with van der Waals surface area (Å²) in [6, 6.07) is 10.5. The number of methoxy groups -OCH3 is 1. The van der Waals surface area contributed by atoms with Crippen molar-refractivity contribution < 1.29 is 9.53 Å². The van der Waals surface area contributed by atoms with Crippen molar-refractivity contribution in [1.29, 1.82) is 0 Å². The Balaban J connectivity index is 2.21. The predicted molar refractivity (Wildman–Crippen MR) is 84.8 cm³/mol. The number of halogens is 2. The number of aryl methyl sites for hydroxylation is 1. The second-order valence-corrected chi connectivity index (χ2v) is 5.55. The second kappa shape index (κ2) is 6.29. The molecule has 0 bridgehead atoms. The molecule has 0 aliphatic heterocycles. The zero-order chi connectivity index (χ0) is 14.7. The lowest BCUT2D eigenvalue weighted by Crippen LogP contribution is -2.12. The van der Waals surface area contributed by atoms with Gasteiger partial charge in [0.25, 0.3) is 5.91 Å². The number of anilines is 1. The Bertz CT molecular complexity index is 658. The predicted octanol–water partition coefficient (Wildman–Crippen LogP) is 4.67. The van der Waals surface area contributed by atoms with Crippen LogP contribution in [0.3, 0.4) is 0 Å². The molecule has 2 aromatic carbocycles. The number of hydrogen-bond donors (Lipinski definition) is 1. The standard InChI is InChI=1S/C15H13BrClNO2/c1-9-7-11(17)4-5-13(9)18-15(19)10-3-6-14(20-2)12(16)8-10/h3-8H,1-2H3,(H,18,19). The van der Waals surface area contributed by atoms with E-state index in [1.165, 1.54) is 0 Å². The number of carbonyl (C=O) groups excluding carboxylic acids is 1. The number of rotatable bonds is 3. The van der Waals surface area contributed by atoms with Crippen LogP contribution in [-0.4, -0.2) is 13.0 Å². The molecule has 20 heavy (non-hydrogen) atoms. The minimum atomic E-state index is -0.182. The SMILES string of the molecule is COc1ccc(C(=O)Nc2ccc(Cl)cc2C)cc1Br. The highest BCUT2D eigenvalue weighted by Crippen LogP contribution is 2.26. The van der Waals surface area contributed by atoms with E-state index in [9.17, 15) is 4.79 Å². The molecule has 0 aliphatic carbocycles. The van der Waals surface area contributed by atoms with E-state index < -0.39 is 0 Å². The van der Waals surface area contributed by atoms with Crippen molar-refractivity contribution in [3.05, 3.63) is 57.0 Å². The van der Waals surface area contributed by atoms with Gasteiger partial charge < -0.3 is 10.1 Å². The molecule has 0 aliphatic rings. The smallest absolute Gasteiger partial charge is 0.255 e. The lowest BCUT2D eigenvalue weighted by Gasteiger charge is -2.10. The number of nitrogens with one attached hydrogen (secondary N) is 1. The van der Waals surface area contributed by atoms with Crippen molar-refractivity contribution in [2.24, 2.45) is 0 Å². The first kappa shape index (κ1) is 14.9. The van der Waals surface area contributed by atoms with Gasteiger partial charge in [0.1, 0.15) is 5.75 Å². The van der Waals surface area contributed by atoms with Gasteiger partial charge in [-0.3, -0.25) is 4.79 Å². The van der Waals surface area contributed by atoms with Gasteiger partial charge >= 0.3 is 0 Å². The average Bonchev–Trinajstić information content (AvgIpc) is 2.41. The van der Waals surface area contributed by atoms with Crippen LogP contribution in [0, 0.1) is 6.92 Å². The molecule has 104 valence electrons. The van der Waals surface area contributed by atoms with E-state index in [2.05, 4.69) is 21.2 Å². The molecule has 2 aromatic rings. The molecule has 0 unspecified atom stereocenters. The van der Waals surface area contributed by atoms with Crippen LogP contribution in [0.2, 0.25) is 5.02 Å². The largest absolute Gasteiger partial charge is 0.496 e. The number of ether oxygens (including phenoxy) is 1. The molecule has 0 heterocycles. The van der Waals surface area contributed by atoms with E-state index in [0.29, 0.717) is 16.3 Å². The number of carbonyl (C=O) groups is 1. The lowest BCUT2D eigenvalue weighted by atomic mass is 10.1. The highest BCUT2D eigenvalue weighted by molar-refractivity contribution is 9.10. The van der Waals surface area contributed by atoms with Crippen LogP contribution < -0.4 is 10.1 Å². The van der Waals surface area contributed by atoms with E-state index in [1.807, 2.05) is 6.92 Å². The van der Waals surface area contributed by atoms with E-state index >= 15 is 0 Å². The minimum Gasteiger partial charge on any atom is -0.496 e. The lowest BCUT2D eigenvalue weighted by molar-refractivity contribution is 0.102. The summed E-state index contributed by atoms with van der Waals surface area (Å²) in [4.78, 5) is 12.2. The van der Waals surface area contributed by atoms with Crippen molar-refractivity contribution in [2.75, 3.05) is 12.4 Å². The van der Waals surface area contributed by atoms with Crippen LogP contribution >= 0.6 is 27.5 Å². The molecular weight excluding hydrogens is 342 g/mol. The Hall–Kier alpha value is -1.52. The molecule has 3 nitrogen and oxygen atoms in total. The number of benzene rings is 2. The molecule has 0 spiro atoms. The van der Waals surface area contributed by atoms with Gasteiger partial charge in [0.15, 0.2) is 0 Å². The fraction of sp³-hybridized carbons (Fsp3) is 0.133. The minimum absolute atomic E-state index is 0.182. The summed E-state index contributed by atoms with van der Waals surface area (Å²) in [5, 5.41) is 3.51. The quantitative estimate of drug-likeness (QED) is 0.869. The first-order chi connectivity index (χ1) is 9.51. The van der Waals surface area contributed by atoms with Gasteiger partial charge in [-0.15, -0.1) is 0 Å². The molecule has 0 saturated carbocycles. The van der Waals surface area contributed by atoms with Crippen molar-refractivity contribution in [2.45, 2.75) is 6.92 Å². The maximum atomic E-state index is 12.2. The molecule has 0 saturated heterocycles. The van der Waals surface area contributed by atoms with Crippen molar-refractivity contribution in [3.63, 3.8) is 0 Å². The van der Waals surface area contributed by atoms with E-state index in [-0.39, 0.29) is 5.91 Å². The van der Waals surface area contributed by atoms with Gasteiger partial charge in [0.05, 0.1) is 11.6 Å². The summed E-state index contributed by atoms with van der Waals surface area (Å²) in [5.74, 6) is 0.503. The number of hydrogen-bond acceptors (Lipinski definition) is 2. The van der Waals surface area contributed by atoms with Crippen molar-refractivity contribution in [3.8, 4) is 5.75 Å². The Morgan fingerprint density at radius 1 is 1.25 bits per heavy atom. The Morgan fingerprint density at radius 2 is 2.00 bits per heavy atom. The molecule has 5 heteroatoms. The molecule has 1 amide bonds. The first-order valence-corrected chi connectivity index (χ1v) is 7.09. The van der Waals surface area contributed by atoms with Crippen LogP contribution in [-0.2, 0) is 0 Å². The maximum Gasteiger partial charge on any atom is 0.255 e. The summed E-state index contributed by atoms with van der Waals surface area (Å²) in [6.45, 7) is 1.89. The number of amides is 1. The summed E-state index contributed by atoms with van der Waals surface area (Å²) in [6.07, 6.45) is 0. The van der Waals surface area contributed by atoms with Crippen LogP contribution in [0.15, 0.2) is 40.9 Å². The van der Waals surface area contributed by atoms with Gasteiger partial charge in [-0.2, -0.15) is 0 Å². The summed E-state index contributed by atoms with van der Waals surface area (Å²) < 4.78 is 5.87. The van der Waals surface area contributed by atoms with Gasteiger partial charge in [-0.25, -0.2) is 0 Å². The average molecular weight is 355 g/mol. The Kier molecular flexibility index (Phi) is 4.68. The van der Waals surface area contributed by atoms with Crippen LogP contribution in [0.5, 0.6) is 5.75 Å². The van der Waals surface area contributed by atoms with Gasteiger partial charge in [0, 0.05) is 16.3 Å². The zero-order valence-electron chi connectivity index (χ0n) is 11.0. The van der Waals surface area contributed by atoms with E-state index in [1.54, 1.807) is 43.5 Å². The van der Waals surface area contributed by atoms with Crippen molar-refractivity contribution in [1.82, 2.24) is 0 Å². The Labute approximate surface area is 131 Å². The summed E-state index contributed by atoms with van der Waals surface area (Å²) in [7, 11) is 1.58. The molecular formula is C15H13BrClNO2. The molecule has 0 atom stereocenters. The van der Waals surface area contributed by atoms with Crippen LogP contribution in [0.4, 0.5) is 5.69 Å². The normalized spacial score (nSPS) is 10.2. The van der Waals surface area contributed by atoms with E-state index in [0.717, 1.165) is 15.7 Å². The van der Waals surface area contributed by atoms with Crippen molar-refractivity contribution >= 4 is 39.1 Å².